The molecule has 0 saturated carbocycles. The van der Waals surface area contributed by atoms with Crippen molar-refractivity contribution in [1.82, 2.24) is 35.3 Å². The summed E-state index contributed by atoms with van der Waals surface area (Å²) in [4.78, 5) is 28.2. The fourth-order valence-corrected chi connectivity index (χ4v) is 2.97. The number of nitrogens with one attached hydrogen (secondary N) is 1. The van der Waals surface area contributed by atoms with E-state index in [4.69, 9.17) is 0 Å². The Bertz CT molecular complexity index is 846. The maximum Gasteiger partial charge on any atom is 0.318 e. The van der Waals surface area contributed by atoms with Gasteiger partial charge in [0.2, 0.25) is 0 Å². The zero-order chi connectivity index (χ0) is 19.6. The molecule has 1 N–H and O–H groups in total. The third-order valence-electron chi connectivity index (χ3n) is 4.65. The highest BCUT2D eigenvalue weighted by atomic mass is 19.1. The summed E-state index contributed by atoms with van der Waals surface area (Å²) in [6.45, 7) is 5.03. The molecular formula is C17H22FN7O2. The average Bonchev–Trinajstić information content (AvgIpc) is 3.09. The molecule has 1 unspecified atom stereocenters. The first-order valence-electron chi connectivity index (χ1n) is 8.70. The molecule has 1 saturated heterocycles. The molecule has 9 nitrogen and oxygen atoms in total. The molecule has 2 heterocycles. The first-order chi connectivity index (χ1) is 12.9. The van der Waals surface area contributed by atoms with Crippen molar-refractivity contribution in [3.63, 3.8) is 0 Å². The van der Waals surface area contributed by atoms with Crippen molar-refractivity contribution < 1.29 is 14.0 Å². The van der Waals surface area contributed by atoms with E-state index in [2.05, 4.69) is 20.8 Å². The molecule has 1 atom stereocenters. The number of aryl methyl sites for hydroxylation is 2. The second kappa shape index (κ2) is 7.68. The van der Waals surface area contributed by atoms with Crippen LogP contribution in [0.5, 0.6) is 0 Å². The number of hydrogen-bond acceptors (Lipinski definition) is 5. The van der Waals surface area contributed by atoms with Crippen molar-refractivity contribution in [2.45, 2.75) is 19.9 Å². The molecule has 10 heteroatoms. The number of tetrazole rings is 1. The number of benzene rings is 1. The molecule has 0 radical (unpaired) electrons. The van der Waals surface area contributed by atoms with Gasteiger partial charge in [-0.25, -0.2) is 13.9 Å². The van der Waals surface area contributed by atoms with Gasteiger partial charge in [-0.2, -0.15) is 0 Å². The smallest absolute Gasteiger partial charge is 0.318 e. The number of rotatable bonds is 3. The van der Waals surface area contributed by atoms with Crippen LogP contribution in [0.25, 0.3) is 0 Å². The molecule has 0 bridgehead atoms. The fourth-order valence-electron chi connectivity index (χ4n) is 2.97. The van der Waals surface area contributed by atoms with E-state index in [-0.39, 0.29) is 18.0 Å². The maximum atomic E-state index is 13.7. The van der Waals surface area contributed by atoms with E-state index in [9.17, 15) is 14.0 Å². The topological polar surface area (TPSA) is 96.2 Å². The second-order valence-corrected chi connectivity index (χ2v) is 6.58. The normalized spacial score (nSPS) is 15.6. The van der Waals surface area contributed by atoms with E-state index in [1.807, 2.05) is 0 Å². The number of aromatic nitrogens is 4. The van der Waals surface area contributed by atoms with Crippen molar-refractivity contribution >= 4 is 11.9 Å². The molecule has 0 aliphatic carbocycles. The van der Waals surface area contributed by atoms with Crippen LogP contribution in [0, 0.1) is 12.7 Å². The summed E-state index contributed by atoms with van der Waals surface area (Å²) in [5, 5.41) is 14.0. The van der Waals surface area contributed by atoms with Gasteiger partial charge >= 0.3 is 6.03 Å². The van der Waals surface area contributed by atoms with Crippen molar-refractivity contribution in [2.24, 2.45) is 7.05 Å². The first-order valence-corrected chi connectivity index (χ1v) is 8.70. The number of carbonyl (C=O) groups excluding carboxylic acids is 2. The van der Waals surface area contributed by atoms with Crippen LogP contribution in [0.1, 0.15) is 34.7 Å². The van der Waals surface area contributed by atoms with Crippen LogP contribution >= 0.6 is 0 Å². The van der Waals surface area contributed by atoms with Crippen LogP contribution in [0.2, 0.25) is 0 Å². The summed E-state index contributed by atoms with van der Waals surface area (Å²) in [5.74, 6) is -0.0721. The van der Waals surface area contributed by atoms with Gasteiger partial charge in [0.05, 0.1) is 6.04 Å². The van der Waals surface area contributed by atoms with E-state index < -0.39 is 5.82 Å². The van der Waals surface area contributed by atoms with Gasteiger partial charge in [-0.05, 0) is 42.0 Å². The van der Waals surface area contributed by atoms with E-state index in [1.165, 1.54) is 10.7 Å². The Hall–Kier alpha value is -3.04. The predicted octanol–water partition coefficient (Wildman–Crippen LogP) is 0.886. The van der Waals surface area contributed by atoms with Gasteiger partial charge in [-0.1, -0.05) is 6.07 Å². The number of piperazine rings is 1. The zero-order valence-electron chi connectivity index (χ0n) is 15.5. The number of carbonyl (C=O) groups is 2. The molecule has 1 aromatic heterocycles. The lowest BCUT2D eigenvalue weighted by atomic mass is 10.1. The van der Waals surface area contributed by atoms with Crippen LogP contribution in [-0.4, -0.2) is 68.1 Å². The van der Waals surface area contributed by atoms with Crippen LogP contribution < -0.4 is 5.32 Å². The lowest BCUT2D eigenvalue weighted by Gasteiger charge is -2.35. The highest BCUT2D eigenvalue weighted by molar-refractivity contribution is 5.94. The molecule has 2 aromatic rings. The zero-order valence-corrected chi connectivity index (χ0v) is 15.5. The van der Waals surface area contributed by atoms with E-state index in [0.29, 0.717) is 43.1 Å². The Morgan fingerprint density at radius 1 is 1.19 bits per heavy atom. The minimum absolute atomic E-state index is 0.229. The van der Waals surface area contributed by atoms with Gasteiger partial charge in [0, 0.05) is 38.8 Å². The van der Waals surface area contributed by atoms with Crippen LogP contribution in [0.3, 0.4) is 0 Å². The molecule has 0 spiro atoms. The van der Waals surface area contributed by atoms with Gasteiger partial charge in [0.1, 0.15) is 5.82 Å². The highest BCUT2D eigenvalue weighted by Crippen LogP contribution is 2.14. The van der Waals surface area contributed by atoms with Gasteiger partial charge in [-0.3, -0.25) is 4.79 Å². The molecule has 1 fully saturated rings. The summed E-state index contributed by atoms with van der Waals surface area (Å²) < 4.78 is 15.2. The Morgan fingerprint density at radius 3 is 2.44 bits per heavy atom. The van der Waals surface area contributed by atoms with Gasteiger partial charge in [0.15, 0.2) is 5.82 Å². The first kappa shape index (κ1) is 18.7. The number of urea groups is 1. The minimum atomic E-state index is -0.397. The number of nitrogens with zero attached hydrogens (tertiary/aromatic N) is 6. The fraction of sp³-hybridized carbons (Fsp3) is 0.471. The van der Waals surface area contributed by atoms with Crippen molar-refractivity contribution in [3.8, 4) is 0 Å². The van der Waals surface area contributed by atoms with Gasteiger partial charge < -0.3 is 15.1 Å². The van der Waals surface area contributed by atoms with Crippen molar-refractivity contribution in [1.29, 1.82) is 0 Å². The highest BCUT2D eigenvalue weighted by Gasteiger charge is 2.26. The van der Waals surface area contributed by atoms with Crippen molar-refractivity contribution in [3.05, 3.63) is 41.0 Å². The average molecular weight is 375 g/mol. The Kier molecular flexibility index (Phi) is 5.33. The Labute approximate surface area is 156 Å². The standard InChI is InChI=1S/C17H22FN7O2/c1-11-4-5-13(10-14(11)18)16(26)24-6-8-25(9-7-24)17(27)19-12(2)15-20-21-22-23(15)3/h4-5,10,12H,6-9H2,1-3H3,(H,19,27). The lowest BCUT2D eigenvalue weighted by Crippen LogP contribution is -2.53. The van der Waals surface area contributed by atoms with Crippen LogP contribution in [0.4, 0.5) is 9.18 Å². The lowest BCUT2D eigenvalue weighted by molar-refractivity contribution is 0.0663. The Morgan fingerprint density at radius 2 is 1.85 bits per heavy atom. The Balaban J connectivity index is 1.55. The monoisotopic (exact) mass is 375 g/mol. The van der Waals surface area contributed by atoms with E-state index >= 15 is 0 Å². The molecule has 3 rings (SSSR count). The molecule has 144 valence electrons. The third-order valence-corrected chi connectivity index (χ3v) is 4.65. The number of halogens is 1. The largest absolute Gasteiger partial charge is 0.335 e. The quantitative estimate of drug-likeness (QED) is 0.859. The summed E-state index contributed by atoms with van der Waals surface area (Å²) in [6.07, 6.45) is 0. The van der Waals surface area contributed by atoms with Crippen molar-refractivity contribution in [2.75, 3.05) is 26.2 Å². The maximum absolute atomic E-state index is 13.7. The summed E-state index contributed by atoms with van der Waals surface area (Å²) >= 11 is 0. The molecule has 1 aliphatic rings. The molecule has 1 aliphatic heterocycles. The number of hydrogen-bond donors (Lipinski definition) is 1. The van der Waals surface area contributed by atoms with Gasteiger partial charge in [0.25, 0.3) is 5.91 Å². The molecular weight excluding hydrogens is 353 g/mol. The summed E-state index contributed by atoms with van der Waals surface area (Å²) in [6, 6.07) is 3.89. The molecule has 27 heavy (non-hydrogen) atoms. The third kappa shape index (κ3) is 4.04. The van der Waals surface area contributed by atoms with E-state index in [1.54, 1.807) is 42.8 Å². The second-order valence-electron chi connectivity index (χ2n) is 6.58. The summed E-state index contributed by atoms with van der Waals surface area (Å²) in [7, 11) is 1.70. The number of amides is 3. The van der Waals surface area contributed by atoms with Crippen LogP contribution in [0.15, 0.2) is 18.2 Å². The molecule has 3 amide bonds. The van der Waals surface area contributed by atoms with E-state index in [0.717, 1.165) is 0 Å². The predicted molar refractivity (Wildman–Crippen MR) is 94.4 cm³/mol. The molecule has 1 aromatic carbocycles. The minimum Gasteiger partial charge on any atom is -0.335 e. The SMILES string of the molecule is Cc1ccc(C(=O)N2CCN(C(=O)NC(C)c3nnnn3C)CC2)cc1F. The summed E-state index contributed by atoms with van der Waals surface area (Å²) in [5.41, 5.74) is 0.819. The van der Waals surface area contributed by atoms with Crippen LogP contribution in [-0.2, 0) is 7.05 Å². The van der Waals surface area contributed by atoms with Gasteiger partial charge in [-0.15, -0.1) is 5.10 Å².